The summed E-state index contributed by atoms with van der Waals surface area (Å²) in [6, 6.07) is 6.03. The Labute approximate surface area is 123 Å². The van der Waals surface area contributed by atoms with Crippen LogP contribution in [0.1, 0.15) is 11.1 Å². The maximum absolute atomic E-state index is 13.5. The molecule has 1 heterocycles. The van der Waals surface area contributed by atoms with Gasteiger partial charge in [0.2, 0.25) is 5.88 Å². The number of benzene rings is 1. The third kappa shape index (κ3) is 3.80. The van der Waals surface area contributed by atoms with Gasteiger partial charge in [0, 0.05) is 18.3 Å². The van der Waals surface area contributed by atoms with Crippen molar-refractivity contribution in [2.75, 3.05) is 27.2 Å². The molecule has 0 radical (unpaired) electrons. The highest BCUT2D eigenvalue weighted by Crippen LogP contribution is 2.19. The first-order chi connectivity index (χ1) is 9.99. The predicted molar refractivity (Wildman–Crippen MR) is 77.0 cm³/mol. The van der Waals surface area contributed by atoms with Gasteiger partial charge in [0.1, 0.15) is 12.4 Å². The number of aromatic nitrogens is 2. The molecule has 6 heteroatoms. The fraction of sp³-hybridized carbons (Fsp3) is 0.333. The molecule has 0 fully saturated rings. The van der Waals surface area contributed by atoms with Crippen LogP contribution in [0.3, 0.4) is 0 Å². The second-order valence-electron chi connectivity index (χ2n) is 5.02. The van der Waals surface area contributed by atoms with Crippen molar-refractivity contribution in [2.45, 2.75) is 6.92 Å². The average molecular weight is 288 g/mol. The Balaban J connectivity index is 2.22. The maximum atomic E-state index is 13.5. The van der Waals surface area contributed by atoms with Gasteiger partial charge in [0.25, 0.3) is 0 Å². The molecular weight excluding hydrogens is 271 g/mol. The molecule has 1 aromatic carbocycles. The molecule has 0 aliphatic rings. The number of nitrogens with zero attached hydrogens (tertiary/aromatic N) is 4. The number of ether oxygens (including phenoxy) is 1. The average Bonchev–Trinajstić information content (AvgIpc) is 2.79. The summed E-state index contributed by atoms with van der Waals surface area (Å²) in [6.45, 7) is 3.18. The zero-order chi connectivity index (χ0) is 15.4. The van der Waals surface area contributed by atoms with Gasteiger partial charge in [0.05, 0.1) is 17.3 Å². The quantitative estimate of drug-likeness (QED) is 0.846. The number of rotatable bonds is 5. The number of hydrogen-bond acceptors (Lipinski definition) is 4. The lowest BCUT2D eigenvalue weighted by atomic mass is 10.2. The minimum absolute atomic E-state index is 0.258. The predicted octanol–water partition coefficient (Wildman–Crippen LogP) is 2.13. The van der Waals surface area contributed by atoms with E-state index in [4.69, 9.17) is 10.00 Å². The van der Waals surface area contributed by atoms with Crippen LogP contribution in [0.15, 0.2) is 24.4 Å². The minimum Gasteiger partial charge on any atom is -0.475 e. The van der Waals surface area contributed by atoms with Crippen LogP contribution < -0.4 is 4.74 Å². The Morgan fingerprint density at radius 3 is 2.81 bits per heavy atom. The van der Waals surface area contributed by atoms with Gasteiger partial charge in [-0.05, 0) is 39.2 Å². The van der Waals surface area contributed by atoms with Crippen molar-refractivity contribution < 1.29 is 9.13 Å². The highest BCUT2D eigenvalue weighted by atomic mass is 19.1. The third-order valence-corrected chi connectivity index (χ3v) is 2.91. The fourth-order valence-corrected chi connectivity index (χ4v) is 1.82. The van der Waals surface area contributed by atoms with Gasteiger partial charge in [-0.2, -0.15) is 5.26 Å². The Bertz CT molecular complexity index is 673. The molecule has 21 heavy (non-hydrogen) atoms. The smallest absolute Gasteiger partial charge is 0.236 e. The van der Waals surface area contributed by atoms with E-state index in [1.807, 2.05) is 32.0 Å². The summed E-state index contributed by atoms with van der Waals surface area (Å²) in [7, 11) is 3.93. The van der Waals surface area contributed by atoms with Gasteiger partial charge >= 0.3 is 0 Å². The molecule has 1 aromatic heterocycles. The first-order valence-corrected chi connectivity index (χ1v) is 6.54. The van der Waals surface area contributed by atoms with Gasteiger partial charge < -0.3 is 9.64 Å². The largest absolute Gasteiger partial charge is 0.475 e. The summed E-state index contributed by atoms with van der Waals surface area (Å²) in [5.74, 6) is 0.0481. The molecule has 0 saturated carbocycles. The van der Waals surface area contributed by atoms with Crippen LogP contribution in [0.2, 0.25) is 0 Å². The molecule has 0 saturated heterocycles. The molecule has 0 aliphatic carbocycles. The van der Waals surface area contributed by atoms with E-state index in [1.54, 1.807) is 12.3 Å². The molecule has 0 amide bonds. The van der Waals surface area contributed by atoms with Crippen LogP contribution in [-0.4, -0.2) is 41.9 Å². The Kier molecular flexibility index (Phi) is 4.55. The number of likely N-dealkylation sites (N-methyl/N-ethyl adjacent to an activating group) is 1. The Morgan fingerprint density at radius 1 is 1.38 bits per heavy atom. The van der Waals surface area contributed by atoms with Crippen LogP contribution in [0.5, 0.6) is 5.88 Å². The van der Waals surface area contributed by atoms with E-state index < -0.39 is 5.82 Å². The monoisotopic (exact) mass is 288 g/mol. The molecule has 0 spiro atoms. The van der Waals surface area contributed by atoms with Gasteiger partial charge in [-0.3, -0.25) is 0 Å². The summed E-state index contributed by atoms with van der Waals surface area (Å²) in [6.07, 6.45) is 1.75. The van der Waals surface area contributed by atoms with E-state index in [0.29, 0.717) is 18.2 Å². The lowest BCUT2D eigenvalue weighted by Crippen LogP contribution is -2.19. The molecule has 5 nitrogen and oxygen atoms in total. The summed E-state index contributed by atoms with van der Waals surface area (Å²) in [5, 5.41) is 13.2. The van der Waals surface area contributed by atoms with Crippen molar-refractivity contribution in [3.8, 4) is 17.6 Å². The molecule has 2 aromatic rings. The van der Waals surface area contributed by atoms with E-state index in [-0.39, 0.29) is 5.56 Å². The van der Waals surface area contributed by atoms with Gasteiger partial charge in [-0.25, -0.2) is 9.07 Å². The van der Waals surface area contributed by atoms with Crippen LogP contribution >= 0.6 is 0 Å². The first-order valence-electron chi connectivity index (χ1n) is 6.54. The molecule has 0 N–H and O–H groups in total. The third-order valence-electron chi connectivity index (χ3n) is 2.91. The lowest BCUT2D eigenvalue weighted by molar-refractivity contribution is 0.251. The molecular formula is C15H17FN4O. The summed E-state index contributed by atoms with van der Waals surface area (Å²) < 4.78 is 20.6. The van der Waals surface area contributed by atoms with Crippen molar-refractivity contribution in [1.82, 2.24) is 14.7 Å². The second kappa shape index (κ2) is 6.37. The molecule has 0 aliphatic heterocycles. The van der Waals surface area contributed by atoms with E-state index in [1.165, 1.54) is 16.8 Å². The minimum atomic E-state index is -0.465. The molecule has 0 atom stereocenters. The van der Waals surface area contributed by atoms with Crippen LogP contribution in [0, 0.1) is 24.1 Å². The zero-order valence-corrected chi connectivity index (χ0v) is 12.3. The standard InChI is InChI=1S/C15H17FN4O/c1-11-10-20(18-15(11)21-5-4-19(2)3)14-7-12(9-17)6-13(16)8-14/h6-8,10H,4-5H2,1-3H3. The van der Waals surface area contributed by atoms with E-state index in [9.17, 15) is 4.39 Å². The Morgan fingerprint density at radius 2 is 2.14 bits per heavy atom. The van der Waals surface area contributed by atoms with Crippen molar-refractivity contribution >= 4 is 0 Å². The maximum Gasteiger partial charge on any atom is 0.236 e. The molecule has 110 valence electrons. The first kappa shape index (κ1) is 15.0. The van der Waals surface area contributed by atoms with Crippen LogP contribution in [0.25, 0.3) is 5.69 Å². The number of aryl methyl sites for hydroxylation is 1. The molecule has 2 rings (SSSR count). The van der Waals surface area contributed by atoms with Gasteiger partial charge in [-0.1, -0.05) is 0 Å². The van der Waals surface area contributed by atoms with Crippen molar-refractivity contribution in [3.05, 3.63) is 41.3 Å². The Hall–Kier alpha value is -2.39. The van der Waals surface area contributed by atoms with Gasteiger partial charge in [-0.15, -0.1) is 5.10 Å². The summed E-state index contributed by atoms with van der Waals surface area (Å²) >= 11 is 0. The van der Waals surface area contributed by atoms with E-state index >= 15 is 0 Å². The SMILES string of the molecule is Cc1cn(-c2cc(F)cc(C#N)c2)nc1OCCN(C)C. The number of hydrogen-bond donors (Lipinski definition) is 0. The van der Waals surface area contributed by atoms with Crippen molar-refractivity contribution in [3.63, 3.8) is 0 Å². The zero-order valence-electron chi connectivity index (χ0n) is 12.3. The lowest BCUT2D eigenvalue weighted by Gasteiger charge is -2.09. The van der Waals surface area contributed by atoms with E-state index in [2.05, 4.69) is 5.10 Å². The van der Waals surface area contributed by atoms with Crippen LogP contribution in [0.4, 0.5) is 4.39 Å². The van der Waals surface area contributed by atoms with E-state index in [0.717, 1.165) is 12.1 Å². The fourth-order valence-electron chi connectivity index (χ4n) is 1.82. The van der Waals surface area contributed by atoms with Crippen molar-refractivity contribution in [1.29, 1.82) is 5.26 Å². The molecule has 0 unspecified atom stereocenters. The normalized spacial score (nSPS) is 10.7. The van der Waals surface area contributed by atoms with Gasteiger partial charge in [0.15, 0.2) is 0 Å². The van der Waals surface area contributed by atoms with Crippen molar-refractivity contribution in [2.24, 2.45) is 0 Å². The second-order valence-corrected chi connectivity index (χ2v) is 5.02. The highest BCUT2D eigenvalue weighted by Gasteiger charge is 2.09. The van der Waals surface area contributed by atoms with Crippen LogP contribution in [-0.2, 0) is 0 Å². The number of halogens is 1. The topological polar surface area (TPSA) is 54.1 Å². The summed E-state index contributed by atoms with van der Waals surface area (Å²) in [4.78, 5) is 2.01. The summed E-state index contributed by atoms with van der Waals surface area (Å²) in [5.41, 5.74) is 1.61. The molecule has 0 bridgehead atoms. The highest BCUT2D eigenvalue weighted by molar-refractivity contribution is 5.42. The number of nitriles is 1.